The van der Waals surface area contributed by atoms with Crippen LogP contribution in [0.3, 0.4) is 0 Å². The molecule has 0 spiro atoms. The molecule has 1 aliphatic heterocycles. The number of aromatic nitrogens is 3. The zero-order valence-electron chi connectivity index (χ0n) is 30.8. The second kappa shape index (κ2) is 14.5. The van der Waals surface area contributed by atoms with Crippen molar-refractivity contribution in [3.8, 4) is 34.3 Å². The summed E-state index contributed by atoms with van der Waals surface area (Å²) in [6.07, 6.45) is -0.517. The highest BCUT2D eigenvalue weighted by Gasteiger charge is 2.45. The van der Waals surface area contributed by atoms with Crippen molar-refractivity contribution in [3.05, 3.63) is 106 Å². The Morgan fingerprint density at radius 1 is 0.852 bits per heavy atom. The monoisotopic (exact) mass is 739 g/mol. The highest BCUT2D eigenvalue weighted by atomic mass is 19.4. The molecule has 3 heterocycles. The van der Waals surface area contributed by atoms with Crippen molar-refractivity contribution < 1.29 is 36.9 Å². The molecule has 0 bridgehead atoms. The number of halogens is 3. The summed E-state index contributed by atoms with van der Waals surface area (Å²) < 4.78 is 66.4. The Hall–Kier alpha value is -5.85. The number of fused-ring (bicyclic) bond motifs is 2. The minimum atomic E-state index is -4.78. The molecule has 2 aromatic heterocycles. The molecular formula is C41H40F3N5O5. The number of alkyl halides is 3. The van der Waals surface area contributed by atoms with Crippen LogP contribution in [0, 0.1) is 5.92 Å². The van der Waals surface area contributed by atoms with Gasteiger partial charge in [0.1, 0.15) is 0 Å². The van der Waals surface area contributed by atoms with Crippen LogP contribution in [0.15, 0.2) is 83.5 Å². The molecule has 54 heavy (non-hydrogen) atoms. The van der Waals surface area contributed by atoms with E-state index in [0.717, 1.165) is 41.2 Å². The number of carbonyl (C=O) groups excluding carboxylic acids is 1. The van der Waals surface area contributed by atoms with Crippen LogP contribution in [0.5, 0.6) is 23.0 Å². The number of benzene rings is 3. The predicted molar refractivity (Wildman–Crippen MR) is 198 cm³/mol. The lowest BCUT2D eigenvalue weighted by Crippen LogP contribution is -2.32. The van der Waals surface area contributed by atoms with Gasteiger partial charge in [-0.05, 0) is 83.9 Å². The summed E-state index contributed by atoms with van der Waals surface area (Å²) in [6.45, 7) is 4.08. The number of ether oxygens (including phenoxy) is 4. The van der Waals surface area contributed by atoms with Gasteiger partial charge in [0, 0.05) is 17.5 Å². The van der Waals surface area contributed by atoms with Gasteiger partial charge in [-0.1, -0.05) is 50.2 Å². The van der Waals surface area contributed by atoms with E-state index in [2.05, 4.69) is 10.1 Å². The third kappa shape index (κ3) is 6.74. The summed E-state index contributed by atoms with van der Waals surface area (Å²) in [7, 11) is 6.21. The summed E-state index contributed by atoms with van der Waals surface area (Å²) in [5.74, 6) is 1.50. The van der Waals surface area contributed by atoms with Crippen LogP contribution in [-0.2, 0) is 6.18 Å². The molecule has 0 radical (unpaired) electrons. The highest BCUT2D eigenvalue weighted by Crippen LogP contribution is 2.47. The number of carbonyl (C=O) groups is 1. The smallest absolute Gasteiger partial charge is 0.433 e. The molecule has 280 valence electrons. The molecule has 7 rings (SSSR count). The summed E-state index contributed by atoms with van der Waals surface area (Å²) in [4.78, 5) is 19.1. The van der Waals surface area contributed by atoms with Crippen LogP contribution in [0.1, 0.15) is 77.9 Å². The molecule has 0 saturated heterocycles. The van der Waals surface area contributed by atoms with Crippen LogP contribution in [0.25, 0.3) is 23.0 Å². The van der Waals surface area contributed by atoms with E-state index >= 15 is 0 Å². The van der Waals surface area contributed by atoms with Crippen molar-refractivity contribution in [2.75, 3.05) is 28.4 Å². The van der Waals surface area contributed by atoms with Gasteiger partial charge in [0.15, 0.2) is 40.0 Å². The van der Waals surface area contributed by atoms with E-state index in [-0.39, 0.29) is 28.9 Å². The normalized spacial score (nSPS) is 17.9. The van der Waals surface area contributed by atoms with Crippen LogP contribution in [0.4, 0.5) is 13.2 Å². The van der Waals surface area contributed by atoms with Gasteiger partial charge in [-0.3, -0.25) is 4.79 Å². The zero-order chi connectivity index (χ0) is 38.3. The van der Waals surface area contributed by atoms with Crippen molar-refractivity contribution >= 4 is 23.3 Å². The lowest BCUT2D eigenvalue weighted by molar-refractivity contribution is -0.142. The Kier molecular flexibility index (Phi) is 9.82. The average Bonchev–Trinajstić information content (AvgIpc) is 3.79. The highest BCUT2D eigenvalue weighted by molar-refractivity contribution is 6.09. The second-order valence-electron chi connectivity index (χ2n) is 13.6. The summed E-state index contributed by atoms with van der Waals surface area (Å²) in [5, 5.41) is 10.5. The van der Waals surface area contributed by atoms with Crippen LogP contribution >= 0.6 is 0 Å². The molecule has 1 amide bonds. The van der Waals surface area contributed by atoms with Gasteiger partial charge in [0.05, 0.1) is 45.9 Å². The van der Waals surface area contributed by atoms with Gasteiger partial charge in [-0.2, -0.15) is 23.4 Å². The molecule has 10 nitrogen and oxygen atoms in total. The van der Waals surface area contributed by atoms with Gasteiger partial charge < -0.3 is 18.9 Å². The first-order chi connectivity index (χ1) is 25.9. The molecule has 1 aliphatic carbocycles. The fraction of sp³-hybridized carbons (Fsp3) is 0.317. The number of nitrogens with zero attached hydrogens (tertiary/aromatic N) is 5. The fourth-order valence-corrected chi connectivity index (χ4v) is 7.27. The van der Waals surface area contributed by atoms with E-state index in [4.69, 9.17) is 24.0 Å². The number of hydrogen-bond acceptors (Lipinski definition) is 8. The Balaban J connectivity index is 1.34. The zero-order valence-corrected chi connectivity index (χ0v) is 30.8. The Labute approximate surface area is 310 Å². The molecule has 2 aliphatic rings. The van der Waals surface area contributed by atoms with Crippen molar-refractivity contribution in [2.45, 2.75) is 51.2 Å². The standard InChI is InChI=1S/C41H40F3N5O5/c1-23(2)25-11-13-26(14-12-25)30-21-36(41(42,43)44)48-37(45-30)22-31(46-48)40(50)49-39(28-15-17-33(52-4)35(20-28)54-6)29-9-7-8-27(38(29)47-49)18-24-10-16-32(51-3)34(19-24)53-5/h10-23,29,39H,7-9H2,1-6H3. The van der Waals surface area contributed by atoms with Crippen LogP contribution in [-0.4, -0.2) is 59.7 Å². The number of hydrazone groups is 1. The maximum absolute atomic E-state index is 14.6. The first kappa shape index (κ1) is 36.5. The fourth-order valence-electron chi connectivity index (χ4n) is 7.27. The van der Waals surface area contributed by atoms with Crippen molar-refractivity contribution in [2.24, 2.45) is 11.0 Å². The van der Waals surface area contributed by atoms with Crippen molar-refractivity contribution in [1.29, 1.82) is 0 Å². The lowest BCUT2D eigenvalue weighted by Gasteiger charge is -2.29. The van der Waals surface area contributed by atoms with Gasteiger partial charge in [-0.25, -0.2) is 14.5 Å². The molecule has 13 heteroatoms. The first-order valence-electron chi connectivity index (χ1n) is 17.6. The topological polar surface area (TPSA) is 99.8 Å². The number of allylic oxidation sites excluding steroid dienone is 1. The van der Waals surface area contributed by atoms with Gasteiger partial charge in [0.2, 0.25) is 0 Å². The number of amides is 1. The molecule has 1 fully saturated rings. The van der Waals surface area contributed by atoms with E-state index in [0.29, 0.717) is 45.2 Å². The first-order valence-corrected chi connectivity index (χ1v) is 17.6. The molecule has 1 saturated carbocycles. The summed E-state index contributed by atoms with van der Waals surface area (Å²) >= 11 is 0. The third-order valence-corrected chi connectivity index (χ3v) is 10.0. The molecule has 2 atom stereocenters. The van der Waals surface area contributed by atoms with Crippen LogP contribution in [0.2, 0.25) is 0 Å². The molecule has 3 aromatic carbocycles. The SMILES string of the molecule is COc1ccc(C=C2CCCC3C2=NN(C(=O)c2cc4nc(-c5ccc(C(C)C)cc5)cc(C(F)(F)F)n4n2)C3c2ccc(OC)c(OC)c2)cc1OC. The Morgan fingerprint density at radius 2 is 1.52 bits per heavy atom. The maximum Gasteiger partial charge on any atom is 0.433 e. The molecule has 0 N–H and O–H groups in total. The number of rotatable bonds is 9. The summed E-state index contributed by atoms with van der Waals surface area (Å²) in [5.41, 5.74) is 3.53. The second-order valence-corrected chi connectivity index (χ2v) is 13.6. The van der Waals surface area contributed by atoms with E-state index in [1.54, 1.807) is 38.5 Å². The minimum absolute atomic E-state index is 0.114. The van der Waals surface area contributed by atoms with Gasteiger partial charge >= 0.3 is 6.18 Å². The van der Waals surface area contributed by atoms with E-state index < -0.39 is 23.8 Å². The third-order valence-electron chi connectivity index (χ3n) is 10.0. The largest absolute Gasteiger partial charge is 0.493 e. The lowest BCUT2D eigenvalue weighted by atomic mass is 9.77. The van der Waals surface area contributed by atoms with E-state index in [1.807, 2.05) is 56.3 Å². The number of methoxy groups -OCH3 is 4. The van der Waals surface area contributed by atoms with Gasteiger partial charge in [0.25, 0.3) is 5.91 Å². The Morgan fingerprint density at radius 3 is 2.17 bits per heavy atom. The quantitative estimate of drug-likeness (QED) is 0.149. The molecule has 5 aromatic rings. The Bertz CT molecular complexity index is 2280. The minimum Gasteiger partial charge on any atom is -0.493 e. The van der Waals surface area contributed by atoms with Crippen LogP contribution < -0.4 is 18.9 Å². The molecular weight excluding hydrogens is 699 g/mol. The predicted octanol–water partition coefficient (Wildman–Crippen LogP) is 9.01. The average molecular weight is 740 g/mol. The van der Waals surface area contributed by atoms with Crippen molar-refractivity contribution in [1.82, 2.24) is 19.6 Å². The van der Waals surface area contributed by atoms with Crippen molar-refractivity contribution in [3.63, 3.8) is 0 Å². The summed E-state index contributed by atoms with van der Waals surface area (Å²) in [6, 6.07) is 19.9. The van der Waals surface area contributed by atoms with E-state index in [9.17, 15) is 18.0 Å². The van der Waals surface area contributed by atoms with E-state index in [1.165, 1.54) is 25.3 Å². The number of hydrogen-bond donors (Lipinski definition) is 0. The van der Waals surface area contributed by atoms with Gasteiger partial charge in [-0.15, -0.1) is 0 Å². The maximum atomic E-state index is 14.6. The molecule has 2 unspecified atom stereocenters.